The molecule has 1 aliphatic carbocycles. The summed E-state index contributed by atoms with van der Waals surface area (Å²) in [7, 11) is 0. The summed E-state index contributed by atoms with van der Waals surface area (Å²) in [5.41, 5.74) is 1.59. The van der Waals surface area contributed by atoms with E-state index >= 15 is 0 Å². The minimum atomic E-state index is -0.489. The summed E-state index contributed by atoms with van der Waals surface area (Å²) >= 11 is 3.34. The monoisotopic (exact) mass is 368 g/mol. The van der Waals surface area contributed by atoms with Gasteiger partial charge in [-0.05, 0) is 43.5 Å². The molecule has 0 radical (unpaired) electrons. The van der Waals surface area contributed by atoms with Crippen molar-refractivity contribution in [1.82, 2.24) is 5.32 Å². The number of carbonyl (C=O) groups excluding carboxylic acids is 3. The number of ether oxygens (including phenoxy) is 1. The summed E-state index contributed by atoms with van der Waals surface area (Å²) < 4.78 is 5.75. The smallest absolute Gasteiger partial charge is 0.309 e. The van der Waals surface area contributed by atoms with Gasteiger partial charge in [-0.15, -0.1) is 0 Å². The Labute approximate surface area is 136 Å². The van der Waals surface area contributed by atoms with Gasteiger partial charge in [-0.1, -0.05) is 15.9 Å². The van der Waals surface area contributed by atoms with Crippen molar-refractivity contribution in [2.75, 3.05) is 18.5 Å². The van der Waals surface area contributed by atoms with E-state index in [-0.39, 0.29) is 30.9 Å². The SMILES string of the molecule is Cc1cc(Br)ccc1NC(=O)CNC(=O)COC(=O)C1CC1. The fourth-order valence-corrected chi connectivity index (χ4v) is 2.24. The molecule has 7 heteroatoms. The van der Waals surface area contributed by atoms with Crippen molar-refractivity contribution < 1.29 is 19.1 Å². The number of nitrogens with one attached hydrogen (secondary N) is 2. The highest BCUT2D eigenvalue weighted by Gasteiger charge is 2.31. The second kappa shape index (κ2) is 7.40. The molecule has 1 aromatic rings. The van der Waals surface area contributed by atoms with Gasteiger partial charge in [-0.2, -0.15) is 0 Å². The van der Waals surface area contributed by atoms with Crippen molar-refractivity contribution in [2.45, 2.75) is 19.8 Å². The highest BCUT2D eigenvalue weighted by atomic mass is 79.9. The molecule has 0 aromatic heterocycles. The van der Waals surface area contributed by atoms with Crippen LogP contribution in [0.15, 0.2) is 22.7 Å². The third-order valence-corrected chi connectivity index (χ3v) is 3.66. The number of anilines is 1. The molecule has 22 heavy (non-hydrogen) atoms. The van der Waals surface area contributed by atoms with Crippen molar-refractivity contribution >= 4 is 39.4 Å². The number of rotatable bonds is 6. The van der Waals surface area contributed by atoms with Gasteiger partial charge in [0, 0.05) is 10.2 Å². The van der Waals surface area contributed by atoms with Gasteiger partial charge < -0.3 is 15.4 Å². The lowest BCUT2D eigenvalue weighted by atomic mass is 10.2. The van der Waals surface area contributed by atoms with Crippen molar-refractivity contribution in [1.29, 1.82) is 0 Å². The van der Waals surface area contributed by atoms with Gasteiger partial charge in [0.15, 0.2) is 6.61 Å². The zero-order valence-corrected chi connectivity index (χ0v) is 13.7. The molecular weight excluding hydrogens is 352 g/mol. The van der Waals surface area contributed by atoms with Crippen LogP contribution >= 0.6 is 15.9 Å². The van der Waals surface area contributed by atoms with E-state index in [0.717, 1.165) is 22.9 Å². The Bertz CT molecular complexity index is 599. The maximum absolute atomic E-state index is 11.8. The van der Waals surface area contributed by atoms with E-state index in [0.29, 0.717) is 5.69 Å². The number of hydrogen-bond acceptors (Lipinski definition) is 4. The van der Waals surface area contributed by atoms with Gasteiger partial charge in [-0.3, -0.25) is 14.4 Å². The average molecular weight is 369 g/mol. The second-order valence-corrected chi connectivity index (χ2v) is 6.08. The first-order valence-electron chi connectivity index (χ1n) is 6.95. The van der Waals surface area contributed by atoms with Crippen LogP contribution in [0.2, 0.25) is 0 Å². The van der Waals surface area contributed by atoms with E-state index in [1.165, 1.54) is 0 Å². The van der Waals surface area contributed by atoms with Crippen LogP contribution in [0.4, 0.5) is 5.69 Å². The average Bonchev–Trinajstić information content (AvgIpc) is 3.30. The molecule has 0 unspecified atom stereocenters. The molecule has 0 saturated heterocycles. The Morgan fingerprint density at radius 1 is 1.27 bits per heavy atom. The molecule has 1 fully saturated rings. The molecule has 0 aliphatic heterocycles. The van der Waals surface area contributed by atoms with Gasteiger partial charge >= 0.3 is 5.97 Å². The Morgan fingerprint density at radius 2 is 2.00 bits per heavy atom. The number of halogens is 1. The molecule has 0 atom stereocenters. The van der Waals surface area contributed by atoms with Crippen LogP contribution in [0.5, 0.6) is 0 Å². The molecule has 6 nitrogen and oxygen atoms in total. The Hall–Kier alpha value is -1.89. The van der Waals surface area contributed by atoms with Crippen molar-refractivity contribution in [2.24, 2.45) is 5.92 Å². The van der Waals surface area contributed by atoms with Crippen molar-refractivity contribution in [3.63, 3.8) is 0 Å². The molecule has 2 amide bonds. The maximum Gasteiger partial charge on any atom is 0.309 e. The number of amides is 2. The molecule has 0 heterocycles. The molecule has 2 N–H and O–H groups in total. The van der Waals surface area contributed by atoms with Crippen LogP contribution in [-0.2, 0) is 19.1 Å². The fourth-order valence-electron chi connectivity index (χ4n) is 1.77. The van der Waals surface area contributed by atoms with Crippen LogP contribution in [0.1, 0.15) is 18.4 Å². The van der Waals surface area contributed by atoms with Gasteiger partial charge in [0.1, 0.15) is 0 Å². The highest BCUT2D eigenvalue weighted by molar-refractivity contribution is 9.10. The molecular formula is C15H17BrN2O4. The molecule has 118 valence electrons. The standard InChI is InChI=1S/C15H17BrN2O4/c1-9-6-11(16)4-5-12(9)18-13(19)7-17-14(20)8-22-15(21)10-2-3-10/h4-6,10H,2-3,7-8H2,1H3,(H,17,20)(H,18,19). The number of benzene rings is 1. The molecule has 2 rings (SSSR count). The van der Waals surface area contributed by atoms with E-state index in [2.05, 4.69) is 26.6 Å². The van der Waals surface area contributed by atoms with Crippen LogP contribution in [0.25, 0.3) is 0 Å². The van der Waals surface area contributed by atoms with Crippen LogP contribution in [-0.4, -0.2) is 30.9 Å². The minimum Gasteiger partial charge on any atom is -0.455 e. The Balaban J connectivity index is 1.70. The molecule has 0 bridgehead atoms. The predicted octanol–water partition coefficient (Wildman–Crippen LogP) is 1.77. The summed E-state index contributed by atoms with van der Waals surface area (Å²) in [5.74, 6) is -1.22. The van der Waals surface area contributed by atoms with Crippen molar-refractivity contribution in [3.8, 4) is 0 Å². The van der Waals surface area contributed by atoms with Crippen LogP contribution in [0, 0.1) is 12.8 Å². The quantitative estimate of drug-likeness (QED) is 0.749. The van der Waals surface area contributed by atoms with Gasteiger partial charge in [-0.25, -0.2) is 0 Å². The van der Waals surface area contributed by atoms with Crippen molar-refractivity contribution in [3.05, 3.63) is 28.2 Å². The van der Waals surface area contributed by atoms with Crippen LogP contribution < -0.4 is 10.6 Å². The van der Waals surface area contributed by atoms with E-state index < -0.39 is 5.91 Å². The fraction of sp³-hybridized carbons (Fsp3) is 0.400. The lowest BCUT2D eigenvalue weighted by molar-refractivity contribution is -0.149. The van der Waals surface area contributed by atoms with Gasteiger partial charge in [0.25, 0.3) is 5.91 Å². The van der Waals surface area contributed by atoms with E-state index in [1.807, 2.05) is 19.1 Å². The minimum absolute atomic E-state index is 0.0449. The van der Waals surface area contributed by atoms with Gasteiger partial charge in [0.05, 0.1) is 12.5 Å². The van der Waals surface area contributed by atoms with E-state index in [9.17, 15) is 14.4 Å². The predicted molar refractivity (Wildman–Crippen MR) is 84.2 cm³/mol. The largest absolute Gasteiger partial charge is 0.455 e. The lowest BCUT2D eigenvalue weighted by Gasteiger charge is -2.10. The summed E-state index contributed by atoms with van der Waals surface area (Å²) in [5, 5.41) is 5.11. The maximum atomic E-state index is 11.8. The molecule has 0 spiro atoms. The van der Waals surface area contributed by atoms with Crippen LogP contribution in [0.3, 0.4) is 0 Å². The summed E-state index contributed by atoms with van der Waals surface area (Å²) in [6, 6.07) is 5.47. The molecule has 1 aliphatic rings. The topological polar surface area (TPSA) is 84.5 Å². The van der Waals surface area contributed by atoms with E-state index in [4.69, 9.17) is 4.74 Å². The first-order valence-corrected chi connectivity index (χ1v) is 7.74. The summed E-state index contributed by atoms with van der Waals surface area (Å²) in [6.45, 7) is 1.35. The number of aryl methyl sites for hydroxylation is 1. The highest BCUT2D eigenvalue weighted by Crippen LogP contribution is 2.29. The van der Waals surface area contributed by atoms with E-state index in [1.54, 1.807) is 6.07 Å². The Morgan fingerprint density at radius 3 is 2.64 bits per heavy atom. The number of esters is 1. The zero-order valence-electron chi connectivity index (χ0n) is 12.1. The number of carbonyl (C=O) groups is 3. The first kappa shape index (κ1) is 16.5. The second-order valence-electron chi connectivity index (χ2n) is 5.17. The normalized spacial score (nSPS) is 13.4. The lowest BCUT2D eigenvalue weighted by Crippen LogP contribution is -2.35. The third-order valence-electron chi connectivity index (χ3n) is 3.16. The summed E-state index contributed by atoms with van der Waals surface area (Å²) in [4.78, 5) is 34.5. The van der Waals surface area contributed by atoms with Gasteiger partial charge in [0.2, 0.25) is 5.91 Å². The zero-order chi connectivity index (χ0) is 16.1. The third kappa shape index (κ3) is 5.14. The first-order chi connectivity index (χ1) is 10.5. The molecule has 1 aromatic carbocycles. The Kier molecular flexibility index (Phi) is 5.54. The summed E-state index contributed by atoms with van der Waals surface area (Å²) in [6.07, 6.45) is 1.66. The molecule has 1 saturated carbocycles. The number of hydrogen-bond donors (Lipinski definition) is 2.